The highest BCUT2D eigenvalue weighted by Crippen LogP contribution is 2.19. The molecule has 0 N–H and O–H groups in total. The molecule has 0 radical (unpaired) electrons. The van der Waals surface area contributed by atoms with E-state index < -0.39 is 10.7 Å². The van der Waals surface area contributed by atoms with Gasteiger partial charge in [0.1, 0.15) is 5.82 Å². The second-order valence-electron chi connectivity index (χ2n) is 3.65. The maximum atomic E-state index is 13.1. The predicted molar refractivity (Wildman–Crippen MR) is 61.2 cm³/mol. The van der Waals surface area contributed by atoms with Crippen LogP contribution in [0.1, 0.15) is 19.4 Å². The molecule has 1 aromatic carbocycles. The number of nitro groups is 1. The second kappa shape index (κ2) is 5.07. The van der Waals surface area contributed by atoms with Crippen molar-refractivity contribution >= 4 is 17.7 Å². The fraction of sp³-hybridized carbons (Fsp3) is 0.273. The molecule has 0 aliphatic rings. The van der Waals surface area contributed by atoms with E-state index in [1.165, 1.54) is 24.3 Å². The van der Waals surface area contributed by atoms with Gasteiger partial charge in [0.2, 0.25) is 5.70 Å². The van der Waals surface area contributed by atoms with Crippen LogP contribution in [-0.4, -0.2) is 4.92 Å². The van der Waals surface area contributed by atoms with E-state index in [-0.39, 0.29) is 16.6 Å². The van der Waals surface area contributed by atoms with Crippen molar-refractivity contribution in [3.63, 3.8) is 0 Å². The standard InChI is InChI=1S/C11H11ClFNO2/c1-7(2)11(14(15)16)6-8-3-4-9(12)10(13)5-8/h3-7H,1-2H3/b11-6-. The summed E-state index contributed by atoms with van der Waals surface area (Å²) in [5.41, 5.74) is 0.476. The molecule has 1 aromatic rings. The van der Waals surface area contributed by atoms with Gasteiger partial charge in [0.15, 0.2) is 0 Å². The Morgan fingerprint density at radius 1 is 1.56 bits per heavy atom. The molecule has 0 atom stereocenters. The van der Waals surface area contributed by atoms with Crippen LogP contribution in [0.5, 0.6) is 0 Å². The Balaban J connectivity index is 3.13. The number of nitrogens with zero attached hydrogens (tertiary/aromatic N) is 1. The lowest BCUT2D eigenvalue weighted by molar-refractivity contribution is -0.431. The molecule has 0 fully saturated rings. The second-order valence-corrected chi connectivity index (χ2v) is 4.06. The van der Waals surface area contributed by atoms with Crippen LogP contribution < -0.4 is 0 Å². The van der Waals surface area contributed by atoms with Gasteiger partial charge in [-0.25, -0.2) is 4.39 Å². The Morgan fingerprint density at radius 2 is 2.19 bits per heavy atom. The molecule has 16 heavy (non-hydrogen) atoms. The van der Waals surface area contributed by atoms with Gasteiger partial charge in [-0.2, -0.15) is 0 Å². The van der Waals surface area contributed by atoms with E-state index in [0.29, 0.717) is 5.56 Å². The largest absolute Gasteiger partial charge is 0.259 e. The van der Waals surface area contributed by atoms with Gasteiger partial charge in [-0.3, -0.25) is 10.1 Å². The molecule has 0 unspecified atom stereocenters. The number of hydrogen-bond acceptors (Lipinski definition) is 2. The zero-order chi connectivity index (χ0) is 12.3. The first-order valence-corrected chi connectivity index (χ1v) is 5.10. The van der Waals surface area contributed by atoms with Crippen molar-refractivity contribution in [1.82, 2.24) is 0 Å². The van der Waals surface area contributed by atoms with Crippen LogP contribution in [0.4, 0.5) is 4.39 Å². The summed E-state index contributed by atoms with van der Waals surface area (Å²) in [7, 11) is 0. The van der Waals surface area contributed by atoms with E-state index in [2.05, 4.69) is 0 Å². The van der Waals surface area contributed by atoms with Gasteiger partial charge in [0.05, 0.1) is 9.95 Å². The molecular weight excluding hydrogens is 233 g/mol. The zero-order valence-corrected chi connectivity index (χ0v) is 9.66. The summed E-state index contributed by atoms with van der Waals surface area (Å²) in [5.74, 6) is -0.810. The molecule has 0 saturated heterocycles. The lowest BCUT2D eigenvalue weighted by Crippen LogP contribution is -2.05. The Kier molecular flexibility index (Phi) is 4.01. The molecule has 0 aliphatic heterocycles. The van der Waals surface area contributed by atoms with E-state index in [9.17, 15) is 14.5 Å². The highest BCUT2D eigenvalue weighted by Gasteiger charge is 2.15. The quantitative estimate of drug-likeness (QED) is 0.599. The average Bonchev–Trinajstić information content (AvgIpc) is 2.18. The normalized spacial score (nSPS) is 11.9. The van der Waals surface area contributed by atoms with Crippen molar-refractivity contribution in [2.24, 2.45) is 5.92 Å². The van der Waals surface area contributed by atoms with Gasteiger partial charge in [0, 0.05) is 12.0 Å². The van der Waals surface area contributed by atoms with Crippen molar-refractivity contribution in [2.45, 2.75) is 13.8 Å². The summed E-state index contributed by atoms with van der Waals surface area (Å²) < 4.78 is 13.1. The summed E-state index contributed by atoms with van der Waals surface area (Å²) in [6.07, 6.45) is 1.35. The Morgan fingerprint density at radius 3 is 2.62 bits per heavy atom. The van der Waals surface area contributed by atoms with Crippen molar-refractivity contribution in [2.75, 3.05) is 0 Å². The van der Waals surface area contributed by atoms with Crippen LogP contribution in [0.3, 0.4) is 0 Å². The highest BCUT2D eigenvalue weighted by atomic mass is 35.5. The van der Waals surface area contributed by atoms with E-state index in [4.69, 9.17) is 11.6 Å². The SMILES string of the molecule is CC(C)/C(=C/c1ccc(Cl)c(F)c1)[N+](=O)[O-]. The summed E-state index contributed by atoms with van der Waals surface area (Å²) in [6, 6.07) is 4.09. The molecule has 3 nitrogen and oxygen atoms in total. The third-order valence-corrected chi connectivity index (χ3v) is 2.37. The van der Waals surface area contributed by atoms with Crippen molar-refractivity contribution < 1.29 is 9.31 Å². The molecule has 0 aromatic heterocycles. The van der Waals surface area contributed by atoms with Gasteiger partial charge in [-0.1, -0.05) is 31.5 Å². The minimum Gasteiger partial charge on any atom is -0.259 e. The number of hydrogen-bond donors (Lipinski definition) is 0. The Bertz CT molecular complexity index is 444. The highest BCUT2D eigenvalue weighted by molar-refractivity contribution is 6.30. The number of halogens is 2. The van der Waals surface area contributed by atoms with E-state index >= 15 is 0 Å². The Hall–Kier alpha value is -1.42. The van der Waals surface area contributed by atoms with Crippen LogP contribution >= 0.6 is 11.6 Å². The molecule has 86 valence electrons. The molecule has 5 heteroatoms. The van der Waals surface area contributed by atoms with Gasteiger partial charge < -0.3 is 0 Å². The third-order valence-electron chi connectivity index (χ3n) is 2.06. The molecule has 0 amide bonds. The molecule has 0 spiro atoms. The lowest BCUT2D eigenvalue weighted by Gasteiger charge is -2.02. The molecule has 0 aliphatic carbocycles. The van der Waals surface area contributed by atoms with E-state index in [1.54, 1.807) is 13.8 Å². The van der Waals surface area contributed by atoms with Crippen LogP contribution in [0, 0.1) is 21.8 Å². The summed E-state index contributed by atoms with van der Waals surface area (Å²) in [5, 5.41) is 10.7. The minimum atomic E-state index is -0.582. The first-order chi connectivity index (χ1) is 7.41. The van der Waals surface area contributed by atoms with Crippen molar-refractivity contribution in [1.29, 1.82) is 0 Å². The van der Waals surface area contributed by atoms with Gasteiger partial charge in [-0.05, 0) is 17.7 Å². The molecule has 1 rings (SSSR count). The lowest BCUT2D eigenvalue weighted by atomic mass is 10.1. The van der Waals surface area contributed by atoms with Crippen LogP contribution in [0.2, 0.25) is 5.02 Å². The van der Waals surface area contributed by atoms with E-state index in [0.717, 1.165) is 0 Å². The van der Waals surface area contributed by atoms with E-state index in [1.807, 2.05) is 0 Å². The summed E-state index contributed by atoms with van der Waals surface area (Å²) in [4.78, 5) is 10.3. The van der Waals surface area contributed by atoms with Crippen molar-refractivity contribution in [3.05, 3.63) is 50.4 Å². The van der Waals surface area contributed by atoms with Gasteiger partial charge >= 0.3 is 0 Å². The Labute approximate surface area is 97.7 Å². The number of rotatable bonds is 3. The van der Waals surface area contributed by atoms with Gasteiger partial charge in [-0.15, -0.1) is 0 Å². The van der Waals surface area contributed by atoms with Crippen LogP contribution in [-0.2, 0) is 0 Å². The average molecular weight is 244 g/mol. The maximum Gasteiger partial charge on any atom is 0.249 e. The topological polar surface area (TPSA) is 43.1 Å². The zero-order valence-electron chi connectivity index (χ0n) is 8.91. The predicted octanol–water partition coefficient (Wildman–Crippen LogP) is 3.75. The third kappa shape index (κ3) is 3.03. The maximum absolute atomic E-state index is 13.1. The number of allylic oxidation sites excluding steroid dienone is 1. The fourth-order valence-corrected chi connectivity index (χ4v) is 1.32. The van der Waals surface area contributed by atoms with Crippen molar-refractivity contribution in [3.8, 4) is 0 Å². The first kappa shape index (κ1) is 12.6. The smallest absolute Gasteiger partial charge is 0.249 e. The molecule has 0 heterocycles. The van der Waals surface area contributed by atoms with Crippen LogP contribution in [0.15, 0.2) is 23.9 Å². The minimum absolute atomic E-state index is 0.00403. The molecule has 0 saturated carbocycles. The summed E-state index contributed by atoms with van der Waals surface area (Å²) in [6.45, 7) is 3.42. The summed E-state index contributed by atoms with van der Waals surface area (Å²) >= 11 is 5.51. The molecule has 0 bridgehead atoms. The molecular formula is C11H11ClFNO2. The fourth-order valence-electron chi connectivity index (χ4n) is 1.20. The number of benzene rings is 1. The first-order valence-electron chi connectivity index (χ1n) is 4.73. The monoisotopic (exact) mass is 243 g/mol. The van der Waals surface area contributed by atoms with Crippen LogP contribution in [0.25, 0.3) is 6.08 Å². The van der Waals surface area contributed by atoms with Gasteiger partial charge in [0.25, 0.3) is 0 Å².